The fourth-order valence-electron chi connectivity index (χ4n) is 3.02. The maximum Gasteiger partial charge on any atom is 0.0645 e. The van der Waals surface area contributed by atoms with Crippen LogP contribution in [-0.2, 0) is 9.47 Å². The van der Waals surface area contributed by atoms with Crippen LogP contribution < -0.4 is 5.32 Å². The standard InChI is InChI=1S/C13H26N2O2/c1-4-14-11-5-7-16-9-12(11)15-6-8-17-10-13(15,2)3/h11-12,14H,4-10H2,1-3H3. The summed E-state index contributed by atoms with van der Waals surface area (Å²) in [5, 5.41) is 3.61. The summed E-state index contributed by atoms with van der Waals surface area (Å²) in [7, 11) is 0. The van der Waals surface area contributed by atoms with E-state index in [4.69, 9.17) is 9.47 Å². The van der Waals surface area contributed by atoms with Gasteiger partial charge in [-0.25, -0.2) is 0 Å². The maximum absolute atomic E-state index is 5.68. The molecule has 0 aromatic heterocycles. The molecule has 0 aromatic carbocycles. The Labute approximate surface area is 105 Å². The Bertz CT molecular complexity index is 244. The highest BCUT2D eigenvalue weighted by atomic mass is 16.5. The topological polar surface area (TPSA) is 33.7 Å². The van der Waals surface area contributed by atoms with E-state index in [1.807, 2.05) is 0 Å². The fraction of sp³-hybridized carbons (Fsp3) is 1.00. The minimum absolute atomic E-state index is 0.122. The van der Waals surface area contributed by atoms with Crippen molar-refractivity contribution >= 4 is 0 Å². The van der Waals surface area contributed by atoms with Crippen LogP contribution in [0.4, 0.5) is 0 Å². The van der Waals surface area contributed by atoms with Crippen LogP contribution in [-0.4, -0.2) is 62.0 Å². The second kappa shape index (κ2) is 5.65. The zero-order valence-electron chi connectivity index (χ0n) is 11.4. The molecule has 4 heteroatoms. The average molecular weight is 242 g/mol. The molecule has 2 rings (SSSR count). The van der Waals surface area contributed by atoms with Gasteiger partial charge in [0.25, 0.3) is 0 Å². The van der Waals surface area contributed by atoms with Crippen LogP contribution in [0.1, 0.15) is 27.2 Å². The number of ether oxygens (including phenoxy) is 2. The SMILES string of the molecule is CCNC1CCOCC1N1CCOCC1(C)C. The molecule has 0 radical (unpaired) electrons. The van der Waals surface area contributed by atoms with Crippen molar-refractivity contribution in [2.45, 2.75) is 44.8 Å². The first-order valence-electron chi connectivity index (χ1n) is 6.81. The molecule has 2 aliphatic rings. The van der Waals surface area contributed by atoms with Crippen molar-refractivity contribution in [3.05, 3.63) is 0 Å². The largest absolute Gasteiger partial charge is 0.380 e. The molecular formula is C13H26N2O2. The Morgan fingerprint density at radius 3 is 2.82 bits per heavy atom. The zero-order valence-corrected chi connectivity index (χ0v) is 11.4. The van der Waals surface area contributed by atoms with Crippen LogP contribution in [0.2, 0.25) is 0 Å². The zero-order chi connectivity index (χ0) is 12.3. The lowest BCUT2D eigenvalue weighted by atomic mass is 9.94. The lowest BCUT2D eigenvalue weighted by Crippen LogP contribution is -2.64. The molecule has 0 spiro atoms. The van der Waals surface area contributed by atoms with E-state index < -0.39 is 0 Å². The third-order valence-corrected chi connectivity index (χ3v) is 3.90. The number of hydrogen-bond acceptors (Lipinski definition) is 4. The van der Waals surface area contributed by atoms with E-state index >= 15 is 0 Å². The first-order chi connectivity index (χ1) is 8.15. The Kier molecular flexibility index (Phi) is 4.42. The summed E-state index contributed by atoms with van der Waals surface area (Å²) in [5.41, 5.74) is 0.122. The first-order valence-corrected chi connectivity index (χ1v) is 6.81. The summed E-state index contributed by atoms with van der Waals surface area (Å²) < 4.78 is 11.3. The maximum atomic E-state index is 5.68. The molecule has 0 bridgehead atoms. The smallest absolute Gasteiger partial charge is 0.0645 e. The molecule has 4 nitrogen and oxygen atoms in total. The molecule has 100 valence electrons. The van der Waals surface area contributed by atoms with E-state index in [9.17, 15) is 0 Å². The molecule has 2 fully saturated rings. The highest BCUT2D eigenvalue weighted by Crippen LogP contribution is 2.26. The second-order valence-corrected chi connectivity index (χ2v) is 5.65. The van der Waals surface area contributed by atoms with Gasteiger partial charge in [0.15, 0.2) is 0 Å². The molecule has 2 saturated heterocycles. The molecule has 2 atom stereocenters. The summed E-state index contributed by atoms with van der Waals surface area (Å²) >= 11 is 0. The number of nitrogens with zero attached hydrogens (tertiary/aromatic N) is 1. The Balaban J connectivity index is 2.06. The van der Waals surface area contributed by atoms with Gasteiger partial charge < -0.3 is 14.8 Å². The molecule has 2 unspecified atom stereocenters. The lowest BCUT2D eigenvalue weighted by Gasteiger charge is -2.50. The van der Waals surface area contributed by atoms with E-state index in [1.165, 1.54) is 0 Å². The predicted octanol–water partition coefficient (Wildman–Crippen LogP) is 0.864. The van der Waals surface area contributed by atoms with Crippen LogP contribution in [0.25, 0.3) is 0 Å². The van der Waals surface area contributed by atoms with E-state index in [2.05, 4.69) is 31.0 Å². The van der Waals surface area contributed by atoms with Gasteiger partial charge in [-0.3, -0.25) is 4.90 Å². The summed E-state index contributed by atoms with van der Waals surface area (Å²) in [6, 6.07) is 1.05. The van der Waals surface area contributed by atoms with E-state index in [-0.39, 0.29) is 5.54 Å². The molecule has 0 amide bonds. The quantitative estimate of drug-likeness (QED) is 0.796. The lowest BCUT2D eigenvalue weighted by molar-refractivity contribution is -0.108. The number of morpholine rings is 1. The van der Waals surface area contributed by atoms with Gasteiger partial charge in [-0.2, -0.15) is 0 Å². The van der Waals surface area contributed by atoms with Gasteiger partial charge in [0.1, 0.15) is 0 Å². The minimum Gasteiger partial charge on any atom is -0.380 e. The second-order valence-electron chi connectivity index (χ2n) is 5.65. The van der Waals surface area contributed by atoms with Crippen molar-refractivity contribution in [1.29, 1.82) is 0 Å². The average Bonchev–Trinajstić information content (AvgIpc) is 2.30. The molecule has 2 heterocycles. The molecular weight excluding hydrogens is 216 g/mol. The number of nitrogens with one attached hydrogen (secondary N) is 1. The van der Waals surface area contributed by atoms with Crippen molar-refractivity contribution in [1.82, 2.24) is 10.2 Å². The van der Waals surface area contributed by atoms with Gasteiger partial charge in [0.05, 0.1) is 19.8 Å². The minimum atomic E-state index is 0.122. The third-order valence-electron chi connectivity index (χ3n) is 3.90. The van der Waals surface area contributed by atoms with Gasteiger partial charge in [-0.05, 0) is 26.8 Å². The number of rotatable bonds is 3. The normalized spacial score (nSPS) is 34.8. The molecule has 1 N–H and O–H groups in total. The van der Waals surface area contributed by atoms with Gasteiger partial charge >= 0.3 is 0 Å². The molecule has 0 aromatic rings. The summed E-state index contributed by atoms with van der Waals surface area (Å²) in [6.45, 7) is 12.2. The van der Waals surface area contributed by atoms with Crippen molar-refractivity contribution < 1.29 is 9.47 Å². The van der Waals surface area contributed by atoms with Gasteiger partial charge in [-0.15, -0.1) is 0 Å². The van der Waals surface area contributed by atoms with Crippen LogP contribution in [0.5, 0.6) is 0 Å². The van der Waals surface area contributed by atoms with Crippen molar-refractivity contribution in [2.24, 2.45) is 0 Å². The fourth-order valence-corrected chi connectivity index (χ4v) is 3.02. The molecule has 0 aliphatic carbocycles. The van der Waals surface area contributed by atoms with Gasteiger partial charge in [-0.1, -0.05) is 6.92 Å². The Morgan fingerprint density at radius 2 is 2.12 bits per heavy atom. The summed E-state index contributed by atoms with van der Waals surface area (Å²) in [6.07, 6.45) is 1.12. The van der Waals surface area contributed by atoms with E-state index in [0.717, 1.165) is 45.9 Å². The first kappa shape index (κ1) is 13.3. The van der Waals surface area contributed by atoms with Crippen LogP contribution in [0.15, 0.2) is 0 Å². The van der Waals surface area contributed by atoms with Gasteiger partial charge in [0, 0.05) is 30.8 Å². The predicted molar refractivity (Wildman–Crippen MR) is 68.3 cm³/mol. The highest BCUT2D eigenvalue weighted by molar-refractivity contribution is 4.95. The molecule has 17 heavy (non-hydrogen) atoms. The third kappa shape index (κ3) is 2.99. The summed E-state index contributed by atoms with van der Waals surface area (Å²) in [4.78, 5) is 2.57. The molecule has 0 saturated carbocycles. The van der Waals surface area contributed by atoms with Crippen LogP contribution in [0, 0.1) is 0 Å². The van der Waals surface area contributed by atoms with Crippen LogP contribution >= 0.6 is 0 Å². The summed E-state index contributed by atoms with van der Waals surface area (Å²) in [5.74, 6) is 0. The number of likely N-dealkylation sites (N-methyl/N-ethyl adjacent to an activating group) is 1. The Hall–Kier alpha value is -0.160. The van der Waals surface area contributed by atoms with E-state index in [1.54, 1.807) is 0 Å². The number of hydrogen-bond donors (Lipinski definition) is 1. The van der Waals surface area contributed by atoms with Gasteiger partial charge in [0.2, 0.25) is 0 Å². The van der Waals surface area contributed by atoms with Crippen molar-refractivity contribution in [2.75, 3.05) is 39.5 Å². The van der Waals surface area contributed by atoms with Crippen molar-refractivity contribution in [3.8, 4) is 0 Å². The monoisotopic (exact) mass is 242 g/mol. The van der Waals surface area contributed by atoms with Crippen LogP contribution in [0.3, 0.4) is 0 Å². The van der Waals surface area contributed by atoms with E-state index in [0.29, 0.717) is 12.1 Å². The Morgan fingerprint density at radius 1 is 1.29 bits per heavy atom. The molecule has 2 aliphatic heterocycles. The van der Waals surface area contributed by atoms with Crippen molar-refractivity contribution in [3.63, 3.8) is 0 Å². The highest BCUT2D eigenvalue weighted by Gasteiger charge is 2.39.